The van der Waals surface area contributed by atoms with Crippen LogP contribution < -0.4 is 15.6 Å². The summed E-state index contributed by atoms with van der Waals surface area (Å²) in [6.45, 7) is 6.28. The van der Waals surface area contributed by atoms with E-state index >= 15 is 0 Å². The molecule has 0 radical (unpaired) electrons. The van der Waals surface area contributed by atoms with Crippen LogP contribution in [0, 0.1) is 5.82 Å². The van der Waals surface area contributed by atoms with Crippen LogP contribution in [0.2, 0.25) is 0 Å². The molecule has 10 nitrogen and oxygen atoms in total. The molecule has 0 spiro atoms. The van der Waals surface area contributed by atoms with E-state index in [9.17, 15) is 14.0 Å². The summed E-state index contributed by atoms with van der Waals surface area (Å²) in [5.74, 6) is -2.00. The van der Waals surface area contributed by atoms with Gasteiger partial charge in [0.05, 0.1) is 12.7 Å². The zero-order chi connectivity index (χ0) is 21.2. The first kappa shape index (κ1) is 22.2. The van der Waals surface area contributed by atoms with Crippen molar-refractivity contribution in [1.82, 2.24) is 25.8 Å². The number of hydrazine groups is 1. The summed E-state index contributed by atoms with van der Waals surface area (Å²) in [4.78, 5) is 24.2. The number of halogens is 1. The highest BCUT2D eigenvalue weighted by atomic mass is 19.1. The Bertz CT molecular complexity index is 809. The van der Waals surface area contributed by atoms with Crippen molar-refractivity contribution in [3.8, 4) is 5.75 Å². The van der Waals surface area contributed by atoms with E-state index in [1.807, 2.05) is 13.8 Å². The second-order valence-electron chi connectivity index (χ2n) is 5.80. The SMILES string of the molecule is CCOC(Cn1cc(C(=O)NNC(=O)C(C)Oc2ccccc2F)nn1)OCC. The molecule has 1 heterocycles. The molecule has 0 aliphatic carbocycles. The minimum Gasteiger partial charge on any atom is -0.478 e. The number of nitrogens with one attached hydrogen (secondary N) is 2. The highest BCUT2D eigenvalue weighted by Gasteiger charge is 2.19. The predicted octanol–water partition coefficient (Wildman–Crippen LogP) is 1.04. The van der Waals surface area contributed by atoms with Crippen molar-refractivity contribution in [3.63, 3.8) is 0 Å². The number of hydrogen-bond acceptors (Lipinski definition) is 7. The number of aromatic nitrogens is 3. The zero-order valence-electron chi connectivity index (χ0n) is 16.4. The third kappa shape index (κ3) is 6.80. The maximum atomic E-state index is 13.6. The molecular weight excluding hydrogens is 385 g/mol. The zero-order valence-corrected chi connectivity index (χ0v) is 16.4. The maximum Gasteiger partial charge on any atom is 0.291 e. The highest BCUT2D eigenvalue weighted by Crippen LogP contribution is 2.16. The Morgan fingerprint density at radius 1 is 1.17 bits per heavy atom. The van der Waals surface area contributed by atoms with Gasteiger partial charge in [0, 0.05) is 13.2 Å². The van der Waals surface area contributed by atoms with E-state index in [-0.39, 0.29) is 18.0 Å². The fraction of sp³-hybridized carbons (Fsp3) is 0.444. The van der Waals surface area contributed by atoms with Crippen molar-refractivity contribution in [3.05, 3.63) is 42.0 Å². The molecule has 1 aromatic carbocycles. The number of carbonyl (C=O) groups excluding carboxylic acids is 2. The fourth-order valence-electron chi connectivity index (χ4n) is 2.24. The fourth-order valence-corrected chi connectivity index (χ4v) is 2.24. The van der Waals surface area contributed by atoms with Gasteiger partial charge in [-0.05, 0) is 32.9 Å². The van der Waals surface area contributed by atoms with Gasteiger partial charge in [-0.2, -0.15) is 0 Å². The molecule has 1 aromatic heterocycles. The summed E-state index contributed by atoms with van der Waals surface area (Å²) < 4.78 is 31.0. The summed E-state index contributed by atoms with van der Waals surface area (Å²) in [7, 11) is 0. The van der Waals surface area contributed by atoms with E-state index in [0.29, 0.717) is 13.2 Å². The largest absolute Gasteiger partial charge is 0.478 e. The molecule has 1 atom stereocenters. The van der Waals surface area contributed by atoms with E-state index in [0.717, 1.165) is 0 Å². The third-order valence-electron chi connectivity index (χ3n) is 3.62. The van der Waals surface area contributed by atoms with Crippen LogP contribution in [0.1, 0.15) is 31.3 Å². The first-order chi connectivity index (χ1) is 13.9. The Morgan fingerprint density at radius 3 is 2.52 bits per heavy atom. The monoisotopic (exact) mass is 409 g/mol. The number of para-hydroxylation sites is 1. The lowest BCUT2D eigenvalue weighted by molar-refractivity contribution is -0.145. The quantitative estimate of drug-likeness (QED) is 0.445. The number of carbonyl (C=O) groups is 2. The lowest BCUT2D eigenvalue weighted by Gasteiger charge is -2.16. The molecule has 11 heteroatoms. The lowest BCUT2D eigenvalue weighted by atomic mass is 10.3. The van der Waals surface area contributed by atoms with Crippen molar-refractivity contribution < 1.29 is 28.2 Å². The van der Waals surface area contributed by atoms with E-state index in [1.165, 1.54) is 36.0 Å². The van der Waals surface area contributed by atoms with Crippen LogP contribution in [-0.2, 0) is 20.8 Å². The maximum absolute atomic E-state index is 13.6. The van der Waals surface area contributed by atoms with Gasteiger partial charge in [-0.15, -0.1) is 5.10 Å². The average Bonchev–Trinajstić information content (AvgIpc) is 3.16. The summed E-state index contributed by atoms with van der Waals surface area (Å²) in [5, 5.41) is 7.59. The van der Waals surface area contributed by atoms with E-state index in [2.05, 4.69) is 21.2 Å². The third-order valence-corrected chi connectivity index (χ3v) is 3.62. The molecule has 0 aliphatic rings. The Balaban J connectivity index is 1.85. The van der Waals surface area contributed by atoms with Crippen LogP contribution in [-0.4, -0.2) is 52.4 Å². The topological polar surface area (TPSA) is 117 Å². The Kier molecular flexibility index (Phi) is 8.49. The molecule has 2 aromatic rings. The van der Waals surface area contributed by atoms with E-state index in [4.69, 9.17) is 14.2 Å². The number of amides is 2. The minimum absolute atomic E-state index is 0.0141. The summed E-state index contributed by atoms with van der Waals surface area (Å²) in [5.41, 5.74) is 4.39. The first-order valence-electron chi connectivity index (χ1n) is 9.09. The van der Waals surface area contributed by atoms with Gasteiger partial charge in [0.15, 0.2) is 29.7 Å². The molecule has 0 fully saturated rings. The molecule has 0 saturated carbocycles. The average molecular weight is 409 g/mol. The van der Waals surface area contributed by atoms with Crippen LogP contribution in [0.3, 0.4) is 0 Å². The molecule has 2 N–H and O–H groups in total. The number of hydrogen-bond donors (Lipinski definition) is 2. The van der Waals surface area contributed by atoms with Crippen LogP contribution in [0.5, 0.6) is 5.75 Å². The number of rotatable bonds is 10. The number of ether oxygens (including phenoxy) is 3. The van der Waals surface area contributed by atoms with Gasteiger partial charge in [-0.3, -0.25) is 20.4 Å². The van der Waals surface area contributed by atoms with Gasteiger partial charge in [-0.1, -0.05) is 17.3 Å². The molecule has 2 rings (SSSR count). The summed E-state index contributed by atoms with van der Waals surface area (Å²) in [6, 6.07) is 5.70. The minimum atomic E-state index is -1.04. The first-order valence-corrected chi connectivity index (χ1v) is 9.09. The summed E-state index contributed by atoms with van der Waals surface area (Å²) in [6.07, 6.45) is -0.161. The molecule has 2 amide bonds. The molecule has 0 aliphatic heterocycles. The van der Waals surface area contributed by atoms with Gasteiger partial charge in [0.1, 0.15) is 0 Å². The Hall–Kier alpha value is -3.05. The smallest absolute Gasteiger partial charge is 0.291 e. The van der Waals surface area contributed by atoms with E-state index < -0.39 is 30.0 Å². The second kappa shape index (κ2) is 11.1. The van der Waals surface area contributed by atoms with Gasteiger partial charge in [0.25, 0.3) is 11.8 Å². The van der Waals surface area contributed by atoms with Crippen LogP contribution in [0.15, 0.2) is 30.5 Å². The molecule has 1 unspecified atom stereocenters. The van der Waals surface area contributed by atoms with Gasteiger partial charge >= 0.3 is 0 Å². The van der Waals surface area contributed by atoms with Crippen molar-refractivity contribution in [1.29, 1.82) is 0 Å². The molecular formula is C18H24FN5O5. The van der Waals surface area contributed by atoms with Gasteiger partial charge in [0.2, 0.25) is 0 Å². The van der Waals surface area contributed by atoms with Crippen LogP contribution in [0.4, 0.5) is 4.39 Å². The molecule has 29 heavy (non-hydrogen) atoms. The molecule has 0 bridgehead atoms. The van der Waals surface area contributed by atoms with Gasteiger partial charge < -0.3 is 14.2 Å². The van der Waals surface area contributed by atoms with Crippen molar-refractivity contribution in [2.24, 2.45) is 0 Å². The highest BCUT2D eigenvalue weighted by molar-refractivity contribution is 5.93. The van der Waals surface area contributed by atoms with Crippen LogP contribution in [0.25, 0.3) is 0 Å². The summed E-state index contributed by atoms with van der Waals surface area (Å²) >= 11 is 0. The Labute approximate surface area is 167 Å². The van der Waals surface area contributed by atoms with Crippen molar-refractivity contribution in [2.45, 2.75) is 39.7 Å². The van der Waals surface area contributed by atoms with Crippen LogP contribution >= 0.6 is 0 Å². The van der Waals surface area contributed by atoms with E-state index in [1.54, 1.807) is 6.07 Å². The number of benzene rings is 1. The Morgan fingerprint density at radius 2 is 1.86 bits per heavy atom. The molecule has 158 valence electrons. The standard InChI is InChI=1S/C18H24FN5O5/c1-4-27-16(28-5-2)11-24-10-14(20-23-24)18(26)22-21-17(25)12(3)29-15-9-7-6-8-13(15)19/h6-10,12,16H,4-5,11H2,1-3H3,(H,21,25)(H,22,26). The van der Waals surface area contributed by atoms with Crippen molar-refractivity contribution in [2.75, 3.05) is 13.2 Å². The normalized spacial score (nSPS) is 11.9. The molecule has 0 saturated heterocycles. The van der Waals surface area contributed by atoms with Gasteiger partial charge in [-0.25, -0.2) is 9.07 Å². The lowest BCUT2D eigenvalue weighted by Crippen LogP contribution is -2.47. The predicted molar refractivity (Wildman–Crippen MR) is 99.2 cm³/mol. The van der Waals surface area contributed by atoms with Crippen molar-refractivity contribution >= 4 is 11.8 Å². The second-order valence-corrected chi connectivity index (χ2v) is 5.80. The number of nitrogens with zero attached hydrogens (tertiary/aromatic N) is 3.